The van der Waals surface area contributed by atoms with Gasteiger partial charge in [0.2, 0.25) is 17.7 Å². The van der Waals surface area contributed by atoms with Crippen molar-refractivity contribution >= 4 is 34.4 Å². The summed E-state index contributed by atoms with van der Waals surface area (Å²) in [7, 11) is 0. The Morgan fingerprint density at radius 3 is 2.66 bits per heavy atom. The number of carbonyl (C=O) groups is 2. The van der Waals surface area contributed by atoms with Crippen LogP contribution in [0.3, 0.4) is 0 Å². The monoisotopic (exact) mass is 592 g/mol. The van der Waals surface area contributed by atoms with Gasteiger partial charge in [0.15, 0.2) is 0 Å². The maximum absolute atomic E-state index is 13.1. The first-order chi connectivity index (χ1) is 21.4. The van der Waals surface area contributed by atoms with E-state index in [4.69, 9.17) is 9.72 Å². The fourth-order valence-corrected chi connectivity index (χ4v) is 6.97. The Labute approximate surface area is 255 Å². The highest BCUT2D eigenvalue weighted by atomic mass is 16.5. The van der Waals surface area contributed by atoms with Crippen molar-refractivity contribution in [2.45, 2.75) is 57.9 Å². The standard InChI is InChI=1S/C34H36N6O4/c1-21-10-11-24-25(7-2-9-27(24)38-30(41)22-18-34(19-22)13-5-14-34)29(21)44-31-26(8-3-15-35-31)28-12-16-36-32(39-28)37-23-6-4-17-40(20-23)33(42)43/h2-3,7-12,15-16,22-23H,4-6,13-14,17-20H2,1H3,(H,38,41)(H,42,43)(H,36,37,39). The summed E-state index contributed by atoms with van der Waals surface area (Å²) < 4.78 is 6.55. The maximum Gasteiger partial charge on any atom is 0.407 e. The third kappa shape index (κ3) is 5.40. The summed E-state index contributed by atoms with van der Waals surface area (Å²) in [5.74, 6) is 1.67. The van der Waals surface area contributed by atoms with Crippen LogP contribution in [0, 0.1) is 18.3 Å². The SMILES string of the molecule is Cc1ccc2c(NC(=O)C3CC4(CCC4)C3)cccc2c1Oc1ncccc1-c1ccnc(NC2CCCN(C(=O)O)C2)n1. The third-order valence-corrected chi connectivity index (χ3v) is 9.54. The fraction of sp³-hybridized carbons (Fsp3) is 0.382. The molecule has 1 spiro atoms. The van der Waals surface area contributed by atoms with Crippen molar-refractivity contribution in [3.8, 4) is 22.9 Å². The van der Waals surface area contributed by atoms with Crippen LogP contribution in [0.5, 0.6) is 11.6 Å². The smallest absolute Gasteiger partial charge is 0.407 e. The van der Waals surface area contributed by atoms with E-state index < -0.39 is 6.09 Å². The number of pyridine rings is 1. The number of nitrogens with zero attached hydrogens (tertiary/aromatic N) is 4. The topological polar surface area (TPSA) is 130 Å². The van der Waals surface area contributed by atoms with Crippen LogP contribution in [0.25, 0.3) is 22.0 Å². The van der Waals surface area contributed by atoms with Gasteiger partial charge in [-0.25, -0.2) is 19.7 Å². The number of nitrogens with one attached hydrogen (secondary N) is 2. The van der Waals surface area contributed by atoms with Gasteiger partial charge in [0.1, 0.15) is 5.75 Å². The fourth-order valence-electron chi connectivity index (χ4n) is 6.97. The normalized spacial score (nSPS) is 19.2. The summed E-state index contributed by atoms with van der Waals surface area (Å²) in [6, 6.07) is 15.4. The lowest BCUT2D eigenvalue weighted by Gasteiger charge is -2.53. The van der Waals surface area contributed by atoms with Crippen molar-refractivity contribution in [1.29, 1.82) is 0 Å². The third-order valence-electron chi connectivity index (χ3n) is 9.54. The highest BCUT2D eigenvalue weighted by Crippen LogP contribution is 2.58. The summed E-state index contributed by atoms with van der Waals surface area (Å²) in [6.07, 6.45) is 9.88. The molecule has 2 aromatic carbocycles. The zero-order valence-corrected chi connectivity index (χ0v) is 24.8. The van der Waals surface area contributed by atoms with Crippen molar-refractivity contribution in [3.63, 3.8) is 0 Å². The minimum Gasteiger partial charge on any atom is -0.465 e. The lowest BCUT2D eigenvalue weighted by Crippen LogP contribution is -2.47. The van der Waals surface area contributed by atoms with E-state index in [0.717, 1.165) is 47.7 Å². The summed E-state index contributed by atoms with van der Waals surface area (Å²) in [4.78, 5) is 39.7. The molecule has 10 heteroatoms. The molecule has 2 aromatic heterocycles. The molecule has 3 fully saturated rings. The molecule has 44 heavy (non-hydrogen) atoms. The van der Waals surface area contributed by atoms with Gasteiger partial charge in [-0.1, -0.05) is 30.7 Å². The number of anilines is 2. The van der Waals surface area contributed by atoms with Crippen molar-refractivity contribution in [2.24, 2.45) is 11.3 Å². The van der Waals surface area contributed by atoms with Crippen LogP contribution in [0.1, 0.15) is 50.5 Å². The maximum atomic E-state index is 13.1. The van der Waals surface area contributed by atoms with Crippen LogP contribution < -0.4 is 15.4 Å². The van der Waals surface area contributed by atoms with Crippen LogP contribution >= 0.6 is 0 Å². The molecule has 0 radical (unpaired) electrons. The number of hydrogen-bond acceptors (Lipinski definition) is 7. The van der Waals surface area contributed by atoms with Gasteiger partial charge in [0, 0.05) is 53.9 Å². The van der Waals surface area contributed by atoms with E-state index in [9.17, 15) is 14.7 Å². The molecule has 0 bridgehead atoms. The molecule has 1 atom stereocenters. The predicted octanol–water partition coefficient (Wildman–Crippen LogP) is 6.87. The molecule has 1 unspecified atom stereocenters. The Bertz CT molecular complexity index is 1730. The van der Waals surface area contributed by atoms with Crippen molar-refractivity contribution < 1.29 is 19.4 Å². The van der Waals surface area contributed by atoms with E-state index in [1.165, 1.54) is 24.2 Å². The molecule has 3 aliphatic rings. The van der Waals surface area contributed by atoms with E-state index >= 15 is 0 Å². The molecule has 3 heterocycles. The summed E-state index contributed by atoms with van der Waals surface area (Å²) in [5.41, 5.74) is 3.49. The first-order valence-corrected chi connectivity index (χ1v) is 15.4. The molecule has 7 rings (SSSR count). The molecule has 2 amide bonds. The van der Waals surface area contributed by atoms with Gasteiger partial charge in [-0.05, 0) is 80.7 Å². The number of aromatic nitrogens is 3. The second kappa shape index (κ2) is 11.4. The first kappa shape index (κ1) is 28.1. The number of amides is 2. The number of rotatable bonds is 7. The van der Waals surface area contributed by atoms with Crippen LogP contribution in [0.15, 0.2) is 60.9 Å². The minimum absolute atomic E-state index is 0.0728. The molecule has 10 nitrogen and oxygen atoms in total. The number of benzene rings is 2. The second-order valence-corrected chi connectivity index (χ2v) is 12.5. The number of likely N-dealkylation sites (tertiary alicyclic amines) is 1. The second-order valence-electron chi connectivity index (χ2n) is 12.5. The van der Waals surface area contributed by atoms with Gasteiger partial charge < -0.3 is 25.4 Å². The average molecular weight is 593 g/mol. The molecule has 226 valence electrons. The largest absolute Gasteiger partial charge is 0.465 e. The highest BCUT2D eigenvalue weighted by molar-refractivity contribution is 6.05. The first-order valence-electron chi connectivity index (χ1n) is 15.4. The summed E-state index contributed by atoms with van der Waals surface area (Å²) in [6.45, 7) is 2.91. The van der Waals surface area contributed by atoms with Crippen LogP contribution in [0.4, 0.5) is 16.4 Å². The number of fused-ring (bicyclic) bond motifs is 1. The number of carbonyl (C=O) groups excluding carboxylic acids is 1. The number of carboxylic acid groups (broad SMARTS) is 1. The Balaban J connectivity index is 1.13. The molecule has 2 saturated carbocycles. The number of hydrogen-bond donors (Lipinski definition) is 3. The van der Waals surface area contributed by atoms with E-state index in [-0.39, 0.29) is 17.9 Å². The Kier molecular flexibility index (Phi) is 7.27. The summed E-state index contributed by atoms with van der Waals surface area (Å²) in [5, 5.41) is 17.7. The van der Waals surface area contributed by atoms with Gasteiger partial charge in [-0.3, -0.25) is 4.79 Å². The van der Waals surface area contributed by atoms with E-state index in [1.807, 2.05) is 49.4 Å². The van der Waals surface area contributed by atoms with E-state index in [2.05, 4.69) is 20.6 Å². The Morgan fingerprint density at radius 1 is 1.00 bits per heavy atom. The molecule has 1 aliphatic heterocycles. The van der Waals surface area contributed by atoms with Crippen LogP contribution in [0.2, 0.25) is 0 Å². The number of ether oxygens (including phenoxy) is 1. The molecular formula is C34H36N6O4. The molecule has 4 aromatic rings. The van der Waals surface area contributed by atoms with Crippen molar-refractivity contribution in [3.05, 3.63) is 66.5 Å². The lowest BCUT2D eigenvalue weighted by atomic mass is 9.51. The van der Waals surface area contributed by atoms with Gasteiger partial charge in [0.25, 0.3) is 0 Å². The number of piperidine rings is 1. The Morgan fingerprint density at radius 2 is 1.86 bits per heavy atom. The van der Waals surface area contributed by atoms with Crippen LogP contribution in [-0.4, -0.2) is 56.1 Å². The van der Waals surface area contributed by atoms with Gasteiger partial charge in [-0.15, -0.1) is 0 Å². The van der Waals surface area contributed by atoms with Gasteiger partial charge in [0.05, 0.1) is 11.3 Å². The number of aryl methyl sites for hydroxylation is 1. The van der Waals surface area contributed by atoms with Crippen molar-refractivity contribution in [1.82, 2.24) is 19.9 Å². The molecular weight excluding hydrogens is 556 g/mol. The minimum atomic E-state index is -0.915. The average Bonchev–Trinajstić information content (AvgIpc) is 2.98. The van der Waals surface area contributed by atoms with E-state index in [0.29, 0.717) is 47.3 Å². The van der Waals surface area contributed by atoms with Crippen LogP contribution in [-0.2, 0) is 4.79 Å². The Hall–Kier alpha value is -4.73. The van der Waals surface area contributed by atoms with Crippen molar-refractivity contribution in [2.75, 3.05) is 23.7 Å². The van der Waals surface area contributed by atoms with Gasteiger partial charge >= 0.3 is 6.09 Å². The quantitative estimate of drug-likeness (QED) is 0.212. The predicted molar refractivity (Wildman–Crippen MR) is 168 cm³/mol. The summed E-state index contributed by atoms with van der Waals surface area (Å²) >= 11 is 0. The van der Waals surface area contributed by atoms with E-state index in [1.54, 1.807) is 18.5 Å². The molecule has 2 aliphatic carbocycles. The zero-order valence-electron chi connectivity index (χ0n) is 24.8. The van der Waals surface area contributed by atoms with Gasteiger partial charge in [-0.2, -0.15) is 0 Å². The molecule has 1 saturated heterocycles. The zero-order chi connectivity index (χ0) is 30.3. The highest BCUT2D eigenvalue weighted by Gasteiger charge is 2.50. The molecule has 3 N–H and O–H groups in total. The lowest BCUT2D eigenvalue weighted by molar-refractivity contribution is -0.131.